The van der Waals surface area contributed by atoms with Gasteiger partial charge in [-0.2, -0.15) is 0 Å². The number of nitro benzene ring substituents is 1. The third kappa shape index (κ3) is 3.21. The SMILES string of the molecule is CCCNC1CC(Oc2cccc([N+](=O)[O-])c2Br)C1(C)C. The second kappa shape index (κ2) is 6.32. The van der Waals surface area contributed by atoms with E-state index in [1.807, 2.05) is 0 Å². The maximum absolute atomic E-state index is 11.0. The van der Waals surface area contributed by atoms with Crippen LogP contribution in [-0.2, 0) is 0 Å². The van der Waals surface area contributed by atoms with Gasteiger partial charge < -0.3 is 10.1 Å². The van der Waals surface area contributed by atoms with E-state index in [4.69, 9.17) is 4.74 Å². The second-order valence-corrected chi connectivity index (χ2v) is 6.81. The molecule has 0 amide bonds. The van der Waals surface area contributed by atoms with Gasteiger partial charge in [0.15, 0.2) is 0 Å². The Kier molecular flexibility index (Phi) is 4.88. The van der Waals surface area contributed by atoms with Crippen molar-refractivity contribution in [2.75, 3.05) is 6.54 Å². The van der Waals surface area contributed by atoms with Gasteiger partial charge in [-0.05, 0) is 35.0 Å². The molecule has 0 saturated heterocycles. The Bertz CT molecular complexity index is 534. The first kappa shape index (κ1) is 16.2. The van der Waals surface area contributed by atoms with Crippen LogP contribution in [-0.4, -0.2) is 23.6 Å². The first-order chi connectivity index (χ1) is 9.87. The van der Waals surface area contributed by atoms with Crippen molar-refractivity contribution in [1.82, 2.24) is 5.32 Å². The third-order valence-corrected chi connectivity index (χ3v) is 5.02. The number of nitrogens with one attached hydrogen (secondary N) is 1. The zero-order valence-electron chi connectivity index (χ0n) is 12.6. The number of ether oxygens (including phenoxy) is 1. The van der Waals surface area contributed by atoms with E-state index in [0.717, 1.165) is 19.4 Å². The highest BCUT2D eigenvalue weighted by atomic mass is 79.9. The molecule has 0 radical (unpaired) electrons. The summed E-state index contributed by atoms with van der Waals surface area (Å²) in [7, 11) is 0. The Morgan fingerprint density at radius 3 is 2.81 bits per heavy atom. The molecule has 0 aromatic heterocycles. The van der Waals surface area contributed by atoms with Crippen molar-refractivity contribution in [3.05, 3.63) is 32.8 Å². The molecule has 0 bridgehead atoms. The van der Waals surface area contributed by atoms with Crippen molar-refractivity contribution >= 4 is 21.6 Å². The number of rotatable bonds is 6. The van der Waals surface area contributed by atoms with Gasteiger partial charge in [0.1, 0.15) is 16.3 Å². The molecule has 0 heterocycles. The van der Waals surface area contributed by atoms with Crippen molar-refractivity contribution in [2.24, 2.45) is 5.41 Å². The normalized spacial score (nSPS) is 23.4. The molecule has 6 heteroatoms. The van der Waals surface area contributed by atoms with Gasteiger partial charge in [0.25, 0.3) is 5.69 Å². The van der Waals surface area contributed by atoms with E-state index >= 15 is 0 Å². The molecule has 1 aromatic carbocycles. The molecule has 21 heavy (non-hydrogen) atoms. The smallest absolute Gasteiger partial charge is 0.287 e. The Morgan fingerprint density at radius 2 is 2.24 bits per heavy atom. The summed E-state index contributed by atoms with van der Waals surface area (Å²) in [6.45, 7) is 7.48. The summed E-state index contributed by atoms with van der Waals surface area (Å²) in [5.74, 6) is 0.538. The molecule has 1 aromatic rings. The summed E-state index contributed by atoms with van der Waals surface area (Å²) in [6, 6.07) is 5.31. The lowest BCUT2D eigenvalue weighted by Gasteiger charge is -2.51. The van der Waals surface area contributed by atoms with Crippen LogP contribution >= 0.6 is 15.9 Å². The van der Waals surface area contributed by atoms with Gasteiger partial charge >= 0.3 is 0 Å². The first-order valence-electron chi connectivity index (χ1n) is 7.20. The maximum atomic E-state index is 11.0. The molecule has 116 valence electrons. The van der Waals surface area contributed by atoms with Crippen molar-refractivity contribution in [3.8, 4) is 5.75 Å². The zero-order valence-corrected chi connectivity index (χ0v) is 14.1. The Hall–Kier alpha value is -1.14. The van der Waals surface area contributed by atoms with E-state index in [1.54, 1.807) is 12.1 Å². The summed E-state index contributed by atoms with van der Waals surface area (Å²) in [5.41, 5.74) is 0.0458. The summed E-state index contributed by atoms with van der Waals surface area (Å²) in [5, 5.41) is 14.5. The fourth-order valence-electron chi connectivity index (χ4n) is 2.63. The van der Waals surface area contributed by atoms with Crippen LogP contribution in [0.5, 0.6) is 5.75 Å². The van der Waals surface area contributed by atoms with Gasteiger partial charge in [0.2, 0.25) is 0 Å². The number of nitro groups is 1. The van der Waals surface area contributed by atoms with Crippen molar-refractivity contribution in [2.45, 2.75) is 45.8 Å². The van der Waals surface area contributed by atoms with Crippen LogP contribution < -0.4 is 10.1 Å². The quantitative estimate of drug-likeness (QED) is 0.619. The molecule has 1 aliphatic rings. The van der Waals surface area contributed by atoms with Crippen LogP contribution in [0, 0.1) is 15.5 Å². The molecular formula is C15H21BrN2O3. The maximum Gasteiger partial charge on any atom is 0.287 e. The minimum Gasteiger partial charge on any atom is -0.488 e. The standard InChI is InChI=1S/C15H21BrN2O3/c1-4-8-17-12-9-13(15(12,2)3)21-11-7-5-6-10(14(11)16)18(19)20/h5-7,12-13,17H,4,8-9H2,1-3H3. The van der Waals surface area contributed by atoms with E-state index in [1.165, 1.54) is 6.07 Å². The Balaban J connectivity index is 2.07. The third-order valence-electron chi connectivity index (χ3n) is 4.23. The number of hydrogen-bond donors (Lipinski definition) is 1. The molecule has 0 aliphatic heterocycles. The van der Waals surface area contributed by atoms with Gasteiger partial charge in [-0.3, -0.25) is 10.1 Å². The number of halogens is 1. The number of benzene rings is 1. The van der Waals surface area contributed by atoms with E-state index < -0.39 is 4.92 Å². The molecule has 0 spiro atoms. The van der Waals surface area contributed by atoms with Gasteiger partial charge in [-0.15, -0.1) is 0 Å². The Morgan fingerprint density at radius 1 is 1.52 bits per heavy atom. The highest BCUT2D eigenvalue weighted by Crippen LogP contribution is 2.45. The number of nitrogens with zero attached hydrogens (tertiary/aromatic N) is 1. The number of hydrogen-bond acceptors (Lipinski definition) is 4. The van der Waals surface area contributed by atoms with Gasteiger partial charge in [-0.1, -0.05) is 26.8 Å². The first-order valence-corrected chi connectivity index (χ1v) is 8.00. The zero-order chi connectivity index (χ0) is 15.6. The van der Waals surface area contributed by atoms with E-state index in [-0.39, 0.29) is 17.2 Å². The van der Waals surface area contributed by atoms with Gasteiger partial charge in [0, 0.05) is 23.9 Å². The molecular weight excluding hydrogens is 336 g/mol. The largest absolute Gasteiger partial charge is 0.488 e. The van der Waals surface area contributed by atoms with Crippen LogP contribution in [0.2, 0.25) is 0 Å². The molecule has 2 unspecified atom stereocenters. The fourth-order valence-corrected chi connectivity index (χ4v) is 3.14. The minimum atomic E-state index is -0.408. The summed E-state index contributed by atoms with van der Waals surface area (Å²) in [6.07, 6.45) is 2.08. The summed E-state index contributed by atoms with van der Waals surface area (Å²) < 4.78 is 6.42. The molecule has 1 saturated carbocycles. The topological polar surface area (TPSA) is 64.4 Å². The summed E-state index contributed by atoms with van der Waals surface area (Å²) in [4.78, 5) is 10.5. The van der Waals surface area contributed by atoms with Crippen molar-refractivity contribution < 1.29 is 9.66 Å². The van der Waals surface area contributed by atoms with E-state index in [9.17, 15) is 10.1 Å². The molecule has 1 N–H and O–H groups in total. The predicted molar refractivity (Wildman–Crippen MR) is 85.7 cm³/mol. The molecule has 1 aliphatic carbocycles. The van der Waals surface area contributed by atoms with Crippen LogP contribution in [0.4, 0.5) is 5.69 Å². The predicted octanol–water partition coefficient (Wildman–Crippen LogP) is 3.90. The van der Waals surface area contributed by atoms with Crippen LogP contribution in [0.1, 0.15) is 33.6 Å². The molecule has 5 nitrogen and oxygen atoms in total. The van der Waals surface area contributed by atoms with Crippen LogP contribution in [0.25, 0.3) is 0 Å². The van der Waals surface area contributed by atoms with Crippen molar-refractivity contribution in [1.29, 1.82) is 0 Å². The molecule has 2 rings (SSSR count). The van der Waals surface area contributed by atoms with Crippen molar-refractivity contribution in [3.63, 3.8) is 0 Å². The lowest BCUT2D eigenvalue weighted by atomic mass is 9.64. The fraction of sp³-hybridized carbons (Fsp3) is 0.600. The van der Waals surface area contributed by atoms with Gasteiger partial charge in [0.05, 0.1) is 4.92 Å². The highest BCUT2D eigenvalue weighted by Gasteiger charge is 2.49. The second-order valence-electron chi connectivity index (χ2n) is 6.02. The molecule has 1 fully saturated rings. The van der Waals surface area contributed by atoms with Gasteiger partial charge in [-0.25, -0.2) is 0 Å². The lowest BCUT2D eigenvalue weighted by Crippen LogP contribution is -2.62. The highest BCUT2D eigenvalue weighted by molar-refractivity contribution is 9.10. The average Bonchev–Trinajstić information content (AvgIpc) is 2.43. The van der Waals surface area contributed by atoms with E-state index in [2.05, 4.69) is 42.0 Å². The average molecular weight is 357 g/mol. The van der Waals surface area contributed by atoms with E-state index in [0.29, 0.717) is 16.3 Å². The molecule has 2 atom stereocenters. The lowest BCUT2D eigenvalue weighted by molar-refractivity contribution is -0.385. The van der Waals surface area contributed by atoms with Crippen LogP contribution in [0.15, 0.2) is 22.7 Å². The minimum absolute atomic E-state index is 0.0131. The summed E-state index contributed by atoms with van der Waals surface area (Å²) >= 11 is 3.28. The monoisotopic (exact) mass is 356 g/mol. The Labute approximate surface area is 133 Å². The van der Waals surface area contributed by atoms with Crippen LogP contribution in [0.3, 0.4) is 0 Å².